The molecule has 2 heterocycles. The lowest BCUT2D eigenvalue weighted by Gasteiger charge is -2.22. The van der Waals surface area contributed by atoms with Gasteiger partial charge in [-0.2, -0.15) is 0 Å². The van der Waals surface area contributed by atoms with Gasteiger partial charge in [-0.25, -0.2) is 15.0 Å². The van der Waals surface area contributed by atoms with Crippen LogP contribution in [0.2, 0.25) is 0 Å². The van der Waals surface area contributed by atoms with Crippen LogP contribution in [-0.2, 0) is 0 Å². The number of para-hydroxylation sites is 2. The Morgan fingerprint density at radius 2 is 1.86 bits per heavy atom. The molecule has 9 heteroatoms. The molecule has 0 spiro atoms. The molecule has 2 aromatic heterocycles. The van der Waals surface area contributed by atoms with Gasteiger partial charge >= 0.3 is 5.69 Å². The lowest BCUT2D eigenvalue weighted by molar-refractivity contribution is -0.383. The largest absolute Gasteiger partial charge is 0.354 e. The fourth-order valence-corrected chi connectivity index (χ4v) is 3.78. The zero-order valence-electron chi connectivity index (χ0n) is 14.9. The first-order valence-corrected chi connectivity index (χ1v) is 9.43. The number of anilines is 4. The fraction of sp³-hybridized carbons (Fsp3) is 0.105. The number of rotatable bonds is 6. The van der Waals surface area contributed by atoms with Crippen LogP contribution in [0.3, 0.4) is 0 Å². The summed E-state index contributed by atoms with van der Waals surface area (Å²) < 4.78 is 0.987. The third kappa shape index (κ3) is 3.35. The SMILES string of the molecule is CCN(c1ccccc1)c1ncnc(Nc2nc3ccccc3s2)c1[N+](=O)[O-]. The van der Waals surface area contributed by atoms with Gasteiger partial charge in [-0.05, 0) is 31.2 Å². The molecule has 140 valence electrons. The second-order valence-electron chi connectivity index (χ2n) is 5.84. The lowest BCUT2D eigenvalue weighted by Crippen LogP contribution is -2.19. The minimum absolute atomic E-state index is 0.114. The van der Waals surface area contributed by atoms with Crippen molar-refractivity contribution in [1.82, 2.24) is 15.0 Å². The molecular formula is C19H16N6O2S. The van der Waals surface area contributed by atoms with Gasteiger partial charge < -0.3 is 10.2 Å². The second kappa shape index (κ2) is 7.57. The molecule has 0 aliphatic heterocycles. The van der Waals surface area contributed by atoms with Crippen molar-refractivity contribution in [2.45, 2.75) is 6.92 Å². The van der Waals surface area contributed by atoms with Crippen molar-refractivity contribution in [2.24, 2.45) is 0 Å². The topological polar surface area (TPSA) is 97.1 Å². The van der Waals surface area contributed by atoms with Crippen LogP contribution >= 0.6 is 11.3 Å². The highest BCUT2D eigenvalue weighted by atomic mass is 32.1. The second-order valence-corrected chi connectivity index (χ2v) is 6.87. The van der Waals surface area contributed by atoms with E-state index in [0.29, 0.717) is 11.7 Å². The van der Waals surface area contributed by atoms with Gasteiger partial charge in [0, 0.05) is 12.2 Å². The average molecular weight is 392 g/mol. The number of nitrogens with one attached hydrogen (secondary N) is 1. The van der Waals surface area contributed by atoms with Gasteiger partial charge in [0.05, 0.1) is 15.1 Å². The number of nitro groups is 1. The Bertz CT molecular complexity index is 1100. The first-order chi connectivity index (χ1) is 13.7. The standard InChI is InChI=1S/C19H16N6O2S/c1-2-24(13-8-4-3-5-9-13)18-16(25(26)27)17(20-12-21-18)23-19-22-14-10-6-7-11-15(14)28-19/h3-12H,2H2,1H3,(H,20,21,22,23). The molecule has 1 N–H and O–H groups in total. The maximum atomic E-state index is 11.9. The van der Waals surface area contributed by atoms with E-state index in [1.165, 1.54) is 17.7 Å². The van der Waals surface area contributed by atoms with Crippen LogP contribution in [0.15, 0.2) is 60.9 Å². The summed E-state index contributed by atoms with van der Waals surface area (Å²) in [4.78, 5) is 26.0. The van der Waals surface area contributed by atoms with Crippen LogP contribution in [0.4, 0.5) is 28.1 Å². The highest BCUT2D eigenvalue weighted by Crippen LogP contribution is 2.37. The fourth-order valence-electron chi connectivity index (χ4n) is 2.92. The Kier molecular flexibility index (Phi) is 4.81. The minimum Gasteiger partial charge on any atom is -0.321 e. The molecule has 2 aromatic carbocycles. The molecular weight excluding hydrogens is 376 g/mol. The third-order valence-corrected chi connectivity index (χ3v) is 5.10. The Morgan fingerprint density at radius 1 is 1.11 bits per heavy atom. The Morgan fingerprint density at radius 3 is 2.57 bits per heavy atom. The summed E-state index contributed by atoms with van der Waals surface area (Å²) in [6.45, 7) is 2.43. The minimum atomic E-state index is -0.462. The van der Waals surface area contributed by atoms with Gasteiger partial charge in [-0.15, -0.1) is 0 Å². The Hall–Kier alpha value is -3.59. The molecule has 4 rings (SSSR count). The number of benzene rings is 2. The molecule has 28 heavy (non-hydrogen) atoms. The van der Waals surface area contributed by atoms with Crippen LogP contribution in [0.25, 0.3) is 10.2 Å². The monoisotopic (exact) mass is 392 g/mol. The molecule has 0 atom stereocenters. The molecule has 0 unspecified atom stereocenters. The molecule has 0 bridgehead atoms. The summed E-state index contributed by atoms with van der Waals surface area (Å²) in [7, 11) is 0. The first-order valence-electron chi connectivity index (χ1n) is 8.62. The molecule has 0 saturated heterocycles. The van der Waals surface area contributed by atoms with E-state index in [1.807, 2.05) is 61.5 Å². The maximum absolute atomic E-state index is 11.9. The third-order valence-electron chi connectivity index (χ3n) is 4.14. The van der Waals surface area contributed by atoms with Crippen molar-refractivity contribution in [3.63, 3.8) is 0 Å². The number of hydrogen-bond acceptors (Lipinski definition) is 8. The van der Waals surface area contributed by atoms with Gasteiger partial charge in [0.2, 0.25) is 11.6 Å². The van der Waals surface area contributed by atoms with E-state index in [0.717, 1.165) is 15.9 Å². The predicted octanol–water partition coefficient (Wildman–Crippen LogP) is 4.90. The lowest BCUT2D eigenvalue weighted by atomic mass is 10.2. The van der Waals surface area contributed by atoms with Crippen LogP contribution in [0.5, 0.6) is 0 Å². The Balaban J connectivity index is 1.78. The molecule has 0 aliphatic carbocycles. The summed E-state index contributed by atoms with van der Waals surface area (Å²) in [6, 6.07) is 17.1. The molecule has 0 amide bonds. The van der Waals surface area contributed by atoms with Gasteiger partial charge in [0.1, 0.15) is 6.33 Å². The van der Waals surface area contributed by atoms with E-state index < -0.39 is 4.92 Å². The number of hydrogen-bond donors (Lipinski definition) is 1. The molecule has 4 aromatic rings. The summed E-state index contributed by atoms with van der Waals surface area (Å²) in [5.74, 6) is 0.348. The van der Waals surface area contributed by atoms with Crippen LogP contribution < -0.4 is 10.2 Å². The summed E-state index contributed by atoms with van der Waals surface area (Å²) >= 11 is 1.41. The summed E-state index contributed by atoms with van der Waals surface area (Å²) in [6.07, 6.45) is 1.32. The van der Waals surface area contributed by atoms with Crippen LogP contribution in [-0.4, -0.2) is 26.4 Å². The van der Waals surface area contributed by atoms with E-state index in [4.69, 9.17) is 0 Å². The van der Waals surface area contributed by atoms with Gasteiger partial charge in [-0.1, -0.05) is 41.7 Å². The maximum Gasteiger partial charge on any atom is 0.354 e. The highest BCUT2D eigenvalue weighted by molar-refractivity contribution is 7.22. The number of fused-ring (bicyclic) bond motifs is 1. The van der Waals surface area contributed by atoms with E-state index in [-0.39, 0.29) is 17.3 Å². The van der Waals surface area contributed by atoms with Crippen molar-refractivity contribution in [1.29, 1.82) is 0 Å². The molecule has 0 aliphatic rings. The zero-order valence-corrected chi connectivity index (χ0v) is 15.8. The first kappa shape index (κ1) is 17.8. The number of nitrogens with zero attached hydrogens (tertiary/aromatic N) is 5. The van der Waals surface area contributed by atoms with Crippen LogP contribution in [0.1, 0.15) is 6.92 Å². The van der Waals surface area contributed by atoms with Crippen molar-refractivity contribution in [3.05, 3.63) is 71.0 Å². The van der Waals surface area contributed by atoms with Crippen molar-refractivity contribution in [2.75, 3.05) is 16.8 Å². The summed E-state index contributed by atoms with van der Waals surface area (Å²) in [5, 5.41) is 15.4. The smallest absolute Gasteiger partial charge is 0.321 e. The van der Waals surface area contributed by atoms with E-state index in [2.05, 4.69) is 20.3 Å². The van der Waals surface area contributed by atoms with Crippen molar-refractivity contribution in [3.8, 4) is 0 Å². The molecule has 0 saturated carbocycles. The molecule has 0 radical (unpaired) electrons. The van der Waals surface area contributed by atoms with Gasteiger partial charge in [-0.3, -0.25) is 10.1 Å². The van der Waals surface area contributed by atoms with Crippen molar-refractivity contribution < 1.29 is 4.92 Å². The highest BCUT2D eigenvalue weighted by Gasteiger charge is 2.28. The molecule has 0 fully saturated rings. The van der Waals surface area contributed by atoms with E-state index >= 15 is 0 Å². The van der Waals surface area contributed by atoms with Crippen LogP contribution in [0, 0.1) is 10.1 Å². The van der Waals surface area contributed by atoms with E-state index in [1.54, 1.807) is 4.90 Å². The molecule has 8 nitrogen and oxygen atoms in total. The van der Waals surface area contributed by atoms with Gasteiger partial charge in [0.15, 0.2) is 5.13 Å². The van der Waals surface area contributed by atoms with Gasteiger partial charge in [0.25, 0.3) is 0 Å². The van der Waals surface area contributed by atoms with Crippen molar-refractivity contribution >= 4 is 49.7 Å². The number of thiazole rings is 1. The average Bonchev–Trinajstić information content (AvgIpc) is 3.11. The normalized spacial score (nSPS) is 10.8. The number of aromatic nitrogens is 3. The Labute approximate surface area is 164 Å². The zero-order chi connectivity index (χ0) is 19.5. The predicted molar refractivity (Wildman–Crippen MR) is 111 cm³/mol. The quantitative estimate of drug-likeness (QED) is 0.368. The van der Waals surface area contributed by atoms with E-state index in [9.17, 15) is 10.1 Å². The summed E-state index contributed by atoms with van der Waals surface area (Å²) in [5.41, 5.74) is 1.46.